The second kappa shape index (κ2) is 17.7. The number of nitrogens with one attached hydrogen (secondary N) is 4. The number of pyridine rings is 1. The molecule has 0 aliphatic heterocycles. The van der Waals surface area contributed by atoms with Gasteiger partial charge in [0.05, 0.1) is 56.3 Å². The second-order valence-corrected chi connectivity index (χ2v) is 17.9. The van der Waals surface area contributed by atoms with Crippen LogP contribution in [0, 0.1) is 0 Å². The molecule has 0 amide bonds. The highest BCUT2D eigenvalue weighted by Crippen LogP contribution is 2.45. The number of aromatic nitrogens is 4. The lowest BCUT2D eigenvalue weighted by Crippen LogP contribution is -2.29. The molecule has 0 saturated heterocycles. The molecule has 27 heteroatoms. The van der Waals surface area contributed by atoms with Gasteiger partial charge < -0.3 is 24.7 Å². The third-order valence-corrected chi connectivity index (χ3v) is 12.6. The average molecular weight is 978 g/mol. The highest BCUT2D eigenvalue weighted by Gasteiger charge is 2.35. The van der Waals surface area contributed by atoms with Gasteiger partial charge in [0.25, 0.3) is 25.8 Å². The van der Waals surface area contributed by atoms with Gasteiger partial charge in [-0.15, -0.1) is 4.33 Å². The lowest BCUT2D eigenvalue weighted by Gasteiger charge is -2.26. The normalized spacial score (nSPS) is 12.7. The van der Waals surface area contributed by atoms with Crippen LogP contribution in [0.4, 0.5) is 34.6 Å². The van der Waals surface area contributed by atoms with Crippen molar-refractivity contribution in [2.45, 2.75) is 14.7 Å². The third-order valence-electron chi connectivity index (χ3n) is 9.82. The molecule has 0 spiro atoms. The van der Waals surface area contributed by atoms with E-state index in [2.05, 4.69) is 40.3 Å². The van der Waals surface area contributed by atoms with Gasteiger partial charge in [0.1, 0.15) is 15.5 Å². The smallest absolute Gasteiger partial charge is 0.357 e. The van der Waals surface area contributed by atoms with Gasteiger partial charge in [-0.05, 0) is 54.1 Å². The zero-order chi connectivity index (χ0) is 47.2. The molecule has 0 fully saturated rings. The van der Waals surface area contributed by atoms with Gasteiger partial charge in [-0.25, -0.2) is 10.1 Å². The summed E-state index contributed by atoms with van der Waals surface area (Å²) in [6.45, 7) is 0. The molecule has 0 radical (unpaired) electrons. The topological polar surface area (TPSA) is 345 Å². The van der Waals surface area contributed by atoms with Crippen molar-refractivity contribution < 1.29 is 63.1 Å². The Kier molecular flexibility index (Phi) is 12.1. The molecular weight excluding hydrogens is 951 g/mol. The number of aromatic amines is 1. The molecule has 1 aliphatic rings. The molecule has 1 unspecified atom stereocenters. The first-order chi connectivity index (χ1) is 31.3. The van der Waals surface area contributed by atoms with E-state index < -0.39 is 87.1 Å². The van der Waals surface area contributed by atoms with Crippen molar-refractivity contribution in [3.8, 4) is 16.9 Å². The van der Waals surface area contributed by atoms with E-state index in [0.29, 0.717) is 23.0 Å². The first kappa shape index (κ1) is 45.4. The SMILES string of the molecule is Cn1c(=O)c(C(=O)c2cccc(OS(=O)O)c2)c2c3c(c(Nc4cc(Nc5nc(Nc6ccccc6SOOO)nc(=O)[nH]5)c(S(=O)(=O)O)cc4S(=O)(=O)O)ccc31)C(=O)c1ccccc1-2. The maximum Gasteiger partial charge on any atom is 0.357 e. The van der Waals surface area contributed by atoms with E-state index in [9.17, 15) is 53.9 Å². The van der Waals surface area contributed by atoms with Crippen LogP contribution in [-0.2, 0) is 48.0 Å². The number of benzene rings is 5. The summed E-state index contributed by atoms with van der Waals surface area (Å²) >= 11 is -2.19. The number of hydrogen-bond donors (Lipinski definition) is 8. The maximum atomic E-state index is 14.6. The Labute approximate surface area is 376 Å². The van der Waals surface area contributed by atoms with Crippen molar-refractivity contribution in [3.05, 3.63) is 140 Å². The van der Waals surface area contributed by atoms with Crippen molar-refractivity contribution in [2.75, 3.05) is 16.0 Å². The minimum absolute atomic E-state index is 0.00213. The third kappa shape index (κ3) is 8.80. The first-order valence-corrected chi connectivity index (χ1v) is 22.9. The van der Waals surface area contributed by atoms with E-state index >= 15 is 0 Å². The molecule has 338 valence electrons. The van der Waals surface area contributed by atoms with Crippen LogP contribution in [0.1, 0.15) is 31.8 Å². The number of rotatable bonds is 15. The van der Waals surface area contributed by atoms with Crippen molar-refractivity contribution in [2.24, 2.45) is 7.05 Å². The van der Waals surface area contributed by atoms with Gasteiger partial charge in [-0.1, -0.05) is 53.6 Å². The quantitative estimate of drug-likeness (QED) is 0.0165. The Balaban J connectivity index is 1.30. The lowest BCUT2D eigenvalue weighted by atomic mass is 9.80. The summed E-state index contributed by atoms with van der Waals surface area (Å²) in [4.78, 5) is 64.0. The number of nitrogens with zero attached hydrogens (tertiary/aromatic N) is 3. The Morgan fingerprint density at radius 3 is 2.15 bits per heavy atom. The standard InChI is InChI=1S/C39H27N7O16S4/c1-46-26-14-13-23(31-32(26)30(20-9-2-3-10-21(20)35(31)48)33(36(46)49)34(47)18-7-6-8-19(15-18)60-64(52)53)40-24-16-25(29(66(57,58)59)17-28(24)65(54,55)56)42-38-43-37(44-39(50)45-38)41-22-11-4-5-12-27(22)63-62-61-51/h2-17,40,51H,1H3,(H,52,53)(H,54,55,56)(H,57,58,59)(H3,41,42,43,44,45,50). The van der Waals surface area contributed by atoms with E-state index in [4.69, 9.17) is 9.44 Å². The number of carbonyl (C=O) groups is 2. The van der Waals surface area contributed by atoms with Crippen LogP contribution < -0.4 is 31.4 Å². The lowest BCUT2D eigenvalue weighted by molar-refractivity contribution is -0.432. The van der Waals surface area contributed by atoms with Crippen molar-refractivity contribution in [1.82, 2.24) is 19.5 Å². The molecule has 8 rings (SSSR count). The van der Waals surface area contributed by atoms with Gasteiger partial charge in [-0.3, -0.25) is 33.0 Å². The van der Waals surface area contributed by atoms with Crippen molar-refractivity contribution in [3.63, 3.8) is 0 Å². The van der Waals surface area contributed by atoms with Gasteiger partial charge in [0.15, 0.2) is 11.6 Å². The highest BCUT2D eigenvalue weighted by atomic mass is 32.2. The van der Waals surface area contributed by atoms with E-state index in [0.717, 1.165) is 16.7 Å². The molecular formula is C39H27N7O16S4. The Morgan fingerprint density at radius 1 is 0.773 bits per heavy atom. The Morgan fingerprint density at radius 2 is 1.45 bits per heavy atom. The number of ketones is 2. The number of aryl methyl sites for hydroxylation is 1. The highest BCUT2D eigenvalue weighted by molar-refractivity contribution is 7.94. The molecule has 2 aromatic heterocycles. The van der Waals surface area contributed by atoms with E-state index in [-0.39, 0.29) is 61.8 Å². The van der Waals surface area contributed by atoms with Crippen molar-refractivity contribution in [1.29, 1.82) is 0 Å². The predicted octanol–water partition coefficient (Wildman–Crippen LogP) is 5.13. The number of H-pyrrole nitrogens is 1. The molecule has 1 atom stereocenters. The fourth-order valence-corrected chi connectivity index (χ4v) is 9.27. The molecule has 5 aromatic carbocycles. The van der Waals surface area contributed by atoms with Gasteiger partial charge in [0, 0.05) is 29.1 Å². The molecule has 1 aliphatic carbocycles. The first-order valence-electron chi connectivity index (χ1n) is 18.3. The minimum Gasteiger partial charge on any atom is -0.380 e. The summed E-state index contributed by atoms with van der Waals surface area (Å²) in [5.74, 6) is -2.64. The maximum absolute atomic E-state index is 14.6. The Hall–Kier alpha value is -7.18. The monoisotopic (exact) mass is 977 g/mol. The zero-order valence-corrected chi connectivity index (χ0v) is 36.2. The van der Waals surface area contributed by atoms with Crippen LogP contribution >= 0.6 is 12.0 Å². The molecule has 23 nitrogen and oxygen atoms in total. The van der Waals surface area contributed by atoms with Gasteiger partial charge >= 0.3 is 17.1 Å². The molecule has 8 N–H and O–H groups in total. The van der Waals surface area contributed by atoms with Crippen LogP contribution in [0.25, 0.3) is 22.0 Å². The summed E-state index contributed by atoms with van der Waals surface area (Å²) in [5, 5.41) is 20.3. The van der Waals surface area contributed by atoms with Crippen LogP contribution in [-0.4, -0.2) is 71.0 Å². The van der Waals surface area contributed by atoms with Crippen LogP contribution in [0.15, 0.2) is 121 Å². The average Bonchev–Trinajstić information content (AvgIpc) is 3.25. The predicted molar refractivity (Wildman–Crippen MR) is 235 cm³/mol. The van der Waals surface area contributed by atoms with Crippen LogP contribution in [0.2, 0.25) is 0 Å². The fraction of sp³-hybridized carbons (Fsp3) is 0.0256. The van der Waals surface area contributed by atoms with E-state index in [1.807, 2.05) is 0 Å². The van der Waals surface area contributed by atoms with E-state index in [1.54, 1.807) is 18.2 Å². The minimum atomic E-state index is -5.39. The summed E-state index contributed by atoms with van der Waals surface area (Å²) in [7, 11) is -9.41. The van der Waals surface area contributed by atoms with Crippen LogP contribution in [0.5, 0.6) is 5.75 Å². The number of para-hydroxylation sites is 1. The molecule has 2 heterocycles. The molecule has 0 bridgehead atoms. The van der Waals surface area contributed by atoms with Crippen LogP contribution in [0.3, 0.4) is 0 Å². The Bertz CT molecular complexity index is 3580. The van der Waals surface area contributed by atoms with Gasteiger partial charge in [0.2, 0.25) is 11.9 Å². The fourth-order valence-electron chi connectivity index (χ4n) is 7.17. The molecule has 66 heavy (non-hydrogen) atoms. The van der Waals surface area contributed by atoms with Gasteiger partial charge in [-0.2, -0.15) is 31.0 Å². The zero-order valence-electron chi connectivity index (χ0n) is 32.9. The summed E-state index contributed by atoms with van der Waals surface area (Å²) in [6, 6.07) is 21.2. The number of carbonyl (C=O) groups excluding carboxylic acids is 2. The number of fused-ring (bicyclic) bond motifs is 2. The molecule has 7 aromatic rings. The van der Waals surface area contributed by atoms with Crippen molar-refractivity contribution >= 4 is 101 Å². The second-order valence-electron chi connectivity index (χ2n) is 13.7. The largest absolute Gasteiger partial charge is 0.380 e. The molecule has 0 saturated carbocycles. The van der Waals surface area contributed by atoms with E-state index in [1.165, 1.54) is 67.7 Å². The number of hydrogen-bond acceptors (Lipinski definition) is 19. The summed E-state index contributed by atoms with van der Waals surface area (Å²) in [6.07, 6.45) is 0. The summed E-state index contributed by atoms with van der Waals surface area (Å²) < 4.78 is 103. The summed E-state index contributed by atoms with van der Waals surface area (Å²) in [5.41, 5.74) is -3.51. The number of anilines is 6.